The Morgan fingerprint density at radius 3 is 2.67 bits per heavy atom. The summed E-state index contributed by atoms with van der Waals surface area (Å²) in [7, 11) is 0. The summed E-state index contributed by atoms with van der Waals surface area (Å²) in [6, 6.07) is 1.98. The summed E-state index contributed by atoms with van der Waals surface area (Å²) in [5.74, 6) is -1.63. The second-order valence-corrected chi connectivity index (χ2v) is 4.06. The third-order valence-corrected chi connectivity index (χ3v) is 2.83. The zero-order valence-corrected chi connectivity index (χ0v) is 10.1. The fraction of sp³-hybridized carbons (Fsp3) is 0.364. The quantitative estimate of drug-likeness (QED) is 0.851. The van der Waals surface area contributed by atoms with E-state index in [9.17, 15) is 8.78 Å². The van der Waals surface area contributed by atoms with Crippen LogP contribution in [0.15, 0.2) is 12.1 Å². The first-order valence-electron chi connectivity index (χ1n) is 5.57. The lowest BCUT2D eigenvalue weighted by Gasteiger charge is -2.12. The van der Waals surface area contributed by atoms with E-state index in [2.05, 4.69) is 15.5 Å². The minimum atomic E-state index is -0.987. The number of hydrogen-bond acceptors (Lipinski definition) is 4. The first kappa shape index (κ1) is 12.4. The van der Waals surface area contributed by atoms with Gasteiger partial charge in [0, 0.05) is 17.3 Å². The molecule has 1 unspecified atom stereocenters. The van der Waals surface area contributed by atoms with Crippen molar-refractivity contribution in [2.45, 2.75) is 26.3 Å². The number of halogens is 2. The largest absolute Gasteiger partial charge is 0.398 e. The van der Waals surface area contributed by atoms with E-state index in [4.69, 9.17) is 5.73 Å². The third-order valence-electron chi connectivity index (χ3n) is 2.83. The first-order chi connectivity index (χ1) is 8.54. The number of tetrazole rings is 1. The molecule has 0 aliphatic heterocycles. The van der Waals surface area contributed by atoms with E-state index in [0.29, 0.717) is 11.4 Å². The van der Waals surface area contributed by atoms with Gasteiger partial charge in [-0.15, -0.1) is 5.10 Å². The third kappa shape index (κ3) is 2.03. The minimum absolute atomic E-state index is 0.0440. The van der Waals surface area contributed by atoms with Crippen molar-refractivity contribution in [2.24, 2.45) is 0 Å². The standard InChI is InChI=1S/C11H13F2N5/c1-3-6(2)18-11(15-16-17-18)7-4-8(12)9(13)5-10(7)14/h4-6H,3,14H2,1-2H3. The molecule has 0 amide bonds. The molecule has 5 nitrogen and oxygen atoms in total. The molecular weight excluding hydrogens is 240 g/mol. The van der Waals surface area contributed by atoms with Gasteiger partial charge in [-0.3, -0.25) is 0 Å². The lowest BCUT2D eigenvalue weighted by atomic mass is 10.1. The van der Waals surface area contributed by atoms with Gasteiger partial charge in [0.15, 0.2) is 17.5 Å². The molecule has 0 radical (unpaired) electrons. The van der Waals surface area contributed by atoms with Gasteiger partial charge in [0.05, 0.1) is 6.04 Å². The van der Waals surface area contributed by atoms with Crippen molar-refractivity contribution in [1.29, 1.82) is 0 Å². The van der Waals surface area contributed by atoms with Crippen LogP contribution in [0.5, 0.6) is 0 Å². The molecule has 1 aromatic carbocycles. The summed E-state index contributed by atoms with van der Waals surface area (Å²) in [6.45, 7) is 3.90. The Morgan fingerprint density at radius 1 is 1.33 bits per heavy atom. The molecule has 1 atom stereocenters. The van der Waals surface area contributed by atoms with Crippen LogP contribution in [-0.4, -0.2) is 20.2 Å². The van der Waals surface area contributed by atoms with Crippen molar-refractivity contribution in [1.82, 2.24) is 20.2 Å². The van der Waals surface area contributed by atoms with E-state index in [1.165, 1.54) is 0 Å². The molecule has 1 aromatic heterocycles. The average molecular weight is 253 g/mol. The predicted molar refractivity (Wildman–Crippen MR) is 62.6 cm³/mol. The Kier molecular flexibility index (Phi) is 3.22. The van der Waals surface area contributed by atoms with Crippen LogP contribution in [0.1, 0.15) is 26.3 Å². The number of nitrogens with two attached hydrogens (primary N) is 1. The SMILES string of the molecule is CCC(C)n1nnnc1-c1cc(F)c(F)cc1N. The van der Waals surface area contributed by atoms with Crippen LogP contribution in [0.2, 0.25) is 0 Å². The number of anilines is 1. The van der Waals surface area contributed by atoms with Gasteiger partial charge < -0.3 is 5.73 Å². The van der Waals surface area contributed by atoms with E-state index in [0.717, 1.165) is 18.6 Å². The topological polar surface area (TPSA) is 69.6 Å². The molecule has 2 N–H and O–H groups in total. The molecule has 0 saturated heterocycles. The average Bonchev–Trinajstić information content (AvgIpc) is 2.81. The summed E-state index contributed by atoms with van der Waals surface area (Å²) in [5, 5.41) is 11.2. The Labute approximate surface area is 103 Å². The molecule has 0 spiro atoms. The normalized spacial score (nSPS) is 12.7. The Balaban J connectivity index is 2.56. The lowest BCUT2D eigenvalue weighted by molar-refractivity contribution is 0.468. The Bertz CT molecular complexity index is 567. The smallest absolute Gasteiger partial charge is 0.184 e. The molecule has 0 aliphatic carbocycles. The van der Waals surface area contributed by atoms with Gasteiger partial charge in [0.25, 0.3) is 0 Å². The fourth-order valence-corrected chi connectivity index (χ4v) is 1.60. The molecule has 0 aliphatic rings. The van der Waals surface area contributed by atoms with E-state index >= 15 is 0 Å². The molecule has 96 valence electrons. The molecule has 7 heteroatoms. The van der Waals surface area contributed by atoms with Gasteiger partial charge in [0.1, 0.15) is 0 Å². The highest BCUT2D eigenvalue weighted by Gasteiger charge is 2.17. The van der Waals surface area contributed by atoms with Crippen LogP contribution in [-0.2, 0) is 0 Å². The van der Waals surface area contributed by atoms with E-state index in [-0.39, 0.29) is 11.7 Å². The van der Waals surface area contributed by atoms with Crippen molar-refractivity contribution in [2.75, 3.05) is 5.73 Å². The van der Waals surface area contributed by atoms with Crippen LogP contribution >= 0.6 is 0 Å². The van der Waals surface area contributed by atoms with Crippen molar-refractivity contribution >= 4 is 5.69 Å². The number of aromatic nitrogens is 4. The molecule has 2 rings (SSSR count). The van der Waals surface area contributed by atoms with Crippen molar-refractivity contribution in [3.8, 4) is 11.4 Å². The molecule has 0 fully saturated rings. The maximum atomic E-state index is 13.3. The van der Waals surface area contributed by atoms with Crippen molar-refractivity contribution in [3.05, 3.63) is 23.8 Å². The van der Waals surface area contributed by atoms with E-state index < -0.39 is 11.6 Å². The number of benzene rings is 1. The highest BCUT2D eigenvalue weighted by Crippen LogP contribution is 2.28. The predicted octanol–water partition coefficient (Wildman–Crippen LogP) is 2.17. The summed E-state index contributed by atoms with van der Waals surface area (Å²) >= 11 is 0. The number of nitrogens with zero attached hydrogens (tertiary/aromatic N) is 4. The van der Waals surface area contributed by atoms with E-state index in [1.807, 2.05) is 13.8 Å². The monoisotopic (exact) mass is 253 g/mol. The van der Waals surface area contributed by atoms with Gasteiger partial charge in [-0.25, -0.2) is 13.5 Å². The number of nitrogen functional groups attached to an aromatic ring is 1. The molecule has 0 bridgehead atoms. The highest BCUT2D eigenvalue weighted by molar-refractivity contribution is 5.71. The second kappa shape index (κ2) is 4.67. The van der Waals surface area contributed by atoms with Crippen molar-refractivity contribution < 1.29 is 8.78 Å². The molecule has 0 saturated carbocycles. The number of hydrogen-bond donors (Lipinski definition) is 1. The van der Waals surface area contributed by atoms with Gasteiger partial charge in [-0.2, -0.15) is 0 Å². The lowest BCUT2D eigenvalue weighted by Crippen LogP contribution is -2.09. The summed E-state index contributed by atoms with van der Waals surface area (Å²) in [6.07, 6.45) is 0.807. The molecule has 2 aromatic rings. The van der Waals surface area contributed by atoms with Crippen LogP contribution in [0.4, 0.5) is 14.5 Å². The van der Waals surface area contributed by atoms with Gasteiger partial charge in [0.2, 0.25) is 0 Å². The summed E-state index contributed by atoms with van der Waals surface area (Å²) in [4.78, 5) is 0. The van der Waals surface area contributed by atoms with Gasteiger partial charge in [-0.05, 0) is 29.8 Å². The van der Waals surface area contributed by atoms with Crippen molar-refractivity contribution in [3.63, 3.8) is 0 Å². The summed E-state index contributed by atoms with van der Waals surface area (Å²) in [5.41, 5.74) is 6.07. The van der Waals surface area contributed by atoms with Crippen LogP contribution in [0.25, 0.3) is 11.4 Å². The zero-order chi connectivity index (χ0) is 13.3. The number of rotatable bonds is 3. The van der Waals surface area contributed by atoms with Crippen LogP contribution in [0.3, 0.4) is 0 Å². The molecule has 1 heterocycles. The Hall–Kier alpha value is -2.05. The minimum Gasteiger partial charge on any atom is -0.398 e. The maximum absolute atomic E-state index is 13.3. The van der Waals surface area contributed by atoms with Crippen LogP contribution in [0, 0.1) is 11.6 Å². The Morgan fingerprint density at radius 2 is 2.00 bits per heavy atom. The zero-order valence-electron chi connectivity index (χ0n) is 10.1. The van der Waals surface area contributed by atoms with Gasteiger partial charge in [-0.1, -0.05) is 6.92 Å². The maximum Gasteiger partial charge on any atom is 0.184 e. The first-order valence-corrected chi connectivity index (χ1v) is 5.57. The van der Waals surface area contributed by atoms with Crippen LogP contribution < -0.4 is 5.73 Å². The van der Waals surface area contributed by atoms with Gasteiger partial charge >= 0.3 is 0 Å². The second-order valence-electron chi connectivity index (χ2n) is 4.06. The molecule has 18 heavy (non-hydrogen) atoms. The fourth-order valence-electron chi connectivity index (χ4n) is 1.60. The van der Waals surface area contributed by atoms with E-state index in [1.54, 1.807) is 4.68 Å². The highest BCUT2D eigenvalue weighted by atomic mass is 19.2. The summed E-state index contributed by atoms with van der Waals surface area (Å²) < 4.78 is 27.8. The molecular formula is C11H13F2N5.